The number of fused-ring (bicyclic) bond motifs is 1. The van der Waals surface area contributed by atoms with Gasteiger partial charge in [-0.2, -0.15) is 5.26 Å². The SMILES string of the molecule is N#Cc1ccc2sc(Sc3ccc(N)cc3Cl)nc2c1. The van der Waals surface area contributed by atoms with E-state index in [-0.39, 0.29) is 0 Å². The summed E-state index contributed by atoms with van der Waals surface area (Å²) in [7, 11) is 0. The van der Waals surface area contributed by atoms with Crippen molar-refractivity contribution in [2.45, 2.75) is 9.24 Å². The summed E-state index contributed by atoms with van der Waals surface area (Å²) >= 11 is 9.23. The molecule has 0 fully saturated rings. The van der Waals surface area contributed by atoms with Crippen LogP contribution >= 0.6 is 34.7 Å². The highest BCUT2D eigenvalue weighted by Gasteiger charge is 2.09. The molecule has 2 N–H and O–H groups in total. The lowest BCUT2D eigenvalue weighted by Gasteiger charge is -2.01. The van der Waals surface area contributed by atoms with Crippen molar-refractivity contribution in [2.24, 2.45) is 0 Å². The van der Waals surface area contributed by atoms with Gasteiger partial charge in [-0.05, 0) is 36.4 Å². The van der Waals surface area contributed by atoms with Gasteiger partial charge in [-0.25, -0.2) is 4.98 Å². The van der Waals surface area contributed by atoms with E-state index >= 15 is 0 Å². The van der Waals surface area contributed by atoms with E-state index in [0.29, 0.717) is 16.3 Å². The van der Waals surface area contributed by atoms with Gasteiger partial charge in [0, 0.05) is 10.6 Å². The molecule has 0 spiro atoms. The third-order valence-corrected chi connectivity index (χ3v) is 5.25. The van der Waals surface area contributed by atoms with Crippen molar-refractivity contribution in [1.29, 1.82) is 5.26 Å². The van der Waals surface area contributed by atoms with E-state index in [1.54, 1.807) is 29.5 Å². The highest BCUT2D eigenvalue weighted by molar-refractivity contribution is 8.01. The molecule has 98 valence electrons. The van der Waals surface area contributed by atoms with E-state index in [2.05, 4.69) is 11.1 Å². The lowest BCUT2D eigenvalue weighted by molar-refractivity contribution is 1.29. The molecule has 0 bridgehead atoms. The van der Waals surface area contributed by atoms with Gasteiger partial charge in [0.15, 0.2) is 4.34 Å². The molecule has 0 aliphatic carbocycles. The van der Waals surface area contributed by atoms with Crippen molar-refractivity contribution in [3.8, 4) is 6.07 Å². The number of halogens is 1. The van der Waals surface area contributed by atoms with Gasteiger partial charge in [0.1, 0.15) is 0 Å². The monoisotopic (exact) mass is 317 g/mol. The number of nitrogens with zero attached hydrogens (tertiary/aromatic N) is 2. The molecule has 0 unspecified atom stereocenters. The Morgan fingerprint density at radius 2 is 2.10 bits per heavy atom. The van der Waals surface area contributed by atoms with E-state index < -0.39 is 0 Å². The normalized spacial score (nSPS) is 10.6. The molecular formula is C14H8ClN3S2. The molecule has 6 heteroatoms. The van der Waals surface area contributed by atoms with Crippen molar-refractivity contribution < 1.29 is 0 Å². The molecule has 0 amide bonds. The zero-order chi connectivity index (χ0) is 14.1. The molecule has 0 radical (unpaired) electrons. The minimum absolute atomic E-state index is 0.616. The average Bonchev–Trinajstić information content (AvgIpc) is 2.83. The minimum atomic E-state index is 0.616. The highest BCUT2D eigenvalue weighted by Crippen LogP contribution is 2.38. The first-order valence-electron chi connectivity index (χ1n) is 5.69. The fraction of sp³-hybridized carbons (Fsp3) is 0. The number of thiazole rings is 1. The quantitative estimate of drug-likeness (QED) is 0.704. The third kappa shape index (κ3) is 2.59. The van der Waals surface area contributed by atoms with Crippen LogP contribution in [0.3, 0.4) is 0 Å². The fourth-order valence-corrected chi connectivity index (χ4v) is 4.03. The fourth-order valence-electron chi connectivity index (χ4n) is 1.71. The van der Waals surface area contributed by atoms with Gasteiger partial charge in [-0.3, -0.25) is 0 Å². The van der Waals surface area contributed by atoms with Gasteiger partial charge in [-0.15, -0.1) is 11.3 Å². The summed E-state index contributed by atoms with van der Waals surface area (Å²) in [4.78, 5) is 5.44. The van der Waals surface area contributed by atoms with Crippen LogP contribution in [0.15, 0.2) is 45.6 Å². The molecule has 1 heterocycles. The molecule has 3 aromatic rings. The number of benzene rings is 2. The smallest absolute Gasteiger partial charge is 0.155 e. The number of hydrogen-bond donors (Lipinski definition) is 1. The van der Waals surface area contributed by atoms with E-state index in [1.165, 1.54) is 11.8 Å². The zero-order valence-electron chi connectivity index (χ0n) is 10.1. The van der Waals surface area contributed by atoms with E-state index in [4.69, 9.17) is 22.6 Å². The zero-order valence-corrected chi connectivity index (χ0v) is 12.5. The average molecular weight is 318 g/mol. The number of nitriles is 1. The van der Waals surface area contributed by atoms with Crippen LogP contribution in [0.1, 0.15) is 5.56 Å². The maximum absolute atomic E-state index is 8.89. The Labute approximate surface area is 129 Å². The molecule has 20 heavy (non-hydrogen) atoms. The molecular weight excluding hydrogens is 310 g/mol. The van der Waals surface area contributed by atoms with Gasteiger partial charge < -0.3 is 5.73 Å². The van der Waals surface area contributed by atoms with Crippen LogP contribution in [-0.4, -0.2) is 4.98 Å². The number of rotatable bonds is 2. The summed E-state index contributed by atoms with van der Waals surface area (Å²) < 4.78 is 1.94. The maximum atomic E-state index is 8.89. The van der Waals surface area contributed by atoms with E-state index in [9.17, 15) is 0 Å². The van der Waals surface area contributed by atoms with Crippen molar-refractivity contribution in [3.63, 3.8) is 0 Å². The number of aromatic nitrogens is 1. The third-order valence-electron chi connectivity index (χ3n) is 2.65. The van der Waals surface area contributed by atoms with Crippen LogP contribution < -0.4 is 5.73 Å². The van der Waals surface area contributed by atoms with Crippen molar-refractivity contribution in [2.75, 3.05) is 5.73 Å². The summed E-state index contributed by atoms with van der Waals surface area (Å²) in [5, 5.41) is 9.51. The Bertz CT molecular complexity index is 836. The molecule has 0 atom stereocenters. The van der Waals surface area contributed by atoms with Crippen molar-refractivity contribution in [3.05, 3.63) is 47.0 Å². The number of anilines is 1. The predicted molar refractivity (Wildman–Crippen MR) is 84.3 cm³/mol. The van der Waals surface area contributed by atoms with Crippen LogP contribution in [0.25, 0.3) is 10.2 Å². The van der Waals surface area contributed by atoms with Crippen LogP contribution in [-0.2, 0) is 0 Å². The number of hydrogen-bond acceptors (Lipinski definition) is 5. The summed E-state index contributed by atoms with van der Waals surface area (Å²) in [6, 6.07) is 13.0. The number of nitrogens with two attached hydrogens (primary N) is 1. The molecule has 2 aromatic carbocycles. The standard InChI is InChI=1S/C14H8ClN3S2/c15-10-6-9(17)2-4-12(10)19-14-18-11-5-8(7-16)1-3-13(11)20-14/h1-6H,17H2. The van der Waals surface area contributed by atoms with E-state index in [0.717, 1.165) is 19.5 Å². The summed E-state index contributed by atoms with van der Waals surface area (Å²) in [6.07, 6.45) is 0. The maximum Gasteiger partial charge on any atom is 0.155 e. The summed E-state index contributed by atoms with van der Waals surface area (Å²) in [5.74, 6) is 0. The van der Waals surface area contributed by atoms with Crippen LogP contribution in [0.5, 0.6) is 0 Å². The first-order chi connectivity index (χ1) is 9.65. The Hall–Kier alpha value is -1.74. The molecule has 3 nitrogen and oxygen atoms in total. The van der Waals surface area contributed by atoms with Crippen LogP contribution in [0.2, 0.25) is 5.02 Å². The molecule has 0 aliphatic heterocycles. The largest absolute Gasteiger partial charge is 0.399 e. The second-order valence-electron chi connectivity index (χ2n) is 4.07. The van der Waals surface area contributed by atoms with Gasteiger partial charge in [0.25, 0.3) is 0 Å². The van der Waals surface area contributed by atoms with Gasteiger partial charge in [0.05, 0.1) is 26.9 Å². The highest BCUT2D eigenvalue weighted by atomic mass is 35.5. The first kappa shape index (κ1) is 13.3. The number of nitrogen functional groups attached to an aromatic ring is 1. The lowest BCUT2D eigenvalue weighted by Crippen LogP contribution is -1.84. The van der Waals surface area contributed by atoms with Crippen LogP contribution in [0.4, 0.5) is 5.69 Å². The molecule has 0 saturated heterocycles. The van der Waals surface area contributed by atoms with E-state index in [1.807, 2.05) is 18.2 Å². The molecule has 0 saturated carbocycles. The second kappa shape index (κ2) is 5.33. The Kier molecular flexibility index (Phi) is 3.53. The molecule has 0 aliphatic rings. The molecule has 3 rings (SSSR count). The second-order valence-corrected chi connectivity index (χ2v) is 6.79. The minimum Gasteiger partial charge on any atom is -0.399 e. The van der Waals surface area contributed by atoms with Crippen LogP contribution in [0, 0.1) is 11.3 Å². The van der Waals surface area contributed by atoms with Crippen molar-refractivity contribution >= 4 is 50.6 Å². The van der Waals surface area contributed by atoms with Gasteiger partial charge in [-0.1, -0.05) is 23.4 Å². The lowest BCUT2D eigenvalue weighted by atomic mass is 10.2. The van der Waals surface area contributed by atoms with Crippen molar-refractivity contribution in [1.82, 2.24) is 4.98 Å². The topological polar surface area (TPSA) is 62.7 Å². The Morgan fingerprint density at radius 3 is 2.85 bits per heavy atom. The Balaban J connectivity index is 1.96. The summed E-state index contributed by atoms with van der Waals surface area (Å²) in [5.41, 5.74) is 7.77. The van der Waals surface area contributed by atoms with Gasteiger partial charge >= 0.3 is 0 Å². The first-order valence-corrected chi connectivity index (χ1v) is 7.70. The molecule has 1 aromatic heterocycles. The summed E-state index contributed by atoms with van der Waals surface area (Å²) in [6.45, 7) is 0. The Morgan fingerprint density at radius 1 is 1.25 bits per heavy atom. The van der Waals surface area contributed by atoms with Gasteiger partial charge in [0.2, 0.25) is 0 Å². The predicted octanol–water partition coefficient (Wildman–Crippen LogP) is 4.55.